The predicted molar refractivity (Wildman–Crippen MR) is 92.6 cm³/mol. The maximum Gasteiger partial charge on any atom is 0.261 e. The number of halogens is 1. The van der Waals surface area contributed by atoms with Gasteiger partial charge >= 0.3 is 0 Å². The first-order valence-corrected chi connectivity index (χ1v) is 8.43. The average Bonchev–Trinajstić information content (AvgIpc) is 2.51. The molecule has 0 aliphatic rings. The van der Waals surface area contributed by atoms with Gasteiger partial charge in [0.15, 0.2) is 0 Å². The van der Waals surface area contributed by atoms with Crippen molar-refractivity contribution in [3.8, 4) is 0 Å². The first-order valence-electron chi connectivity index (χ1n) is 8.05. The van der Waals surface area contributed by atoms with Crippen molar-refractivity contribution in [3.05, 3.63) is 39.4 Å². The second-order valence-corrected chi connectivity index (χ2v) is 5.89. The molecule has 0 unspecified atom stereocenters. The summed E-state index contributed by atoms with van der Waals surface area (Å²) in [5.74, 6) is 0.806. The van der Waals surface area contributed by atoms with Crippen LogP contribution in [0.2, 0.25) is 5.02 Å². The highest BCUT2D eigenvalue weighted by Crippen LogP contribution is 2.19. The Kier molecular flexibility index (Phi) is 5.98. The molecule has 1 heterocycles. The number of unbranched alkanes of at least 4 members (excludes halogenated alkanes) is 1. The summed E-state index contributed by atoms with van der Waals surface area (Å²) in [6.07, 6.45) is 3.15. The molecular formula is C17H24ClN3O. The smallest absolute Gasteiger partial charge is 0.261 e. The van der Waals surface area contributed by atoms with Crippen LogP contribution >= 0.6 is 11.6 Å². The number of rotatable bonds is 7. The van der Waals surface area contributed by atoms with Crippen molar-refractivity contribution in [3.63, 3.8) is 0 Å². The van der Waals surface area contributed by atoms with Gasteiger partial charge in [-0.15, -0.1) is 0 Å². The fourth-order valence-electron chi connectivity index (χ4n) is 2.65. The number of aromatic nitrogens is 2. The van der Waals surface area contributed by atoms with Crippen LogP contribution in [-0.4, -0.2) is 16.1 Å². The van der Waals surface area contributed by atoms with E-state index in [1.807, 2.05) is 6.92 Å². The van der Waals surface area contributed by atoms with Crippen molar-refractivity contribution in [2.24, 2.45) is 0 Å². The molecule has 22 heavy (non-hydrogen) atoms. The van der Waals surface area contributed by atoms with E-state index in [1.165, 1.54) is 0 Å². The maximum absolute atomic E-state index is 12.7. The summed E-state index contributed by atoms with van der Waals surface area (Å²) in [5, 5.41) is 4.74. The van der Waals surface area contributed by atoms with Crippen LogP contribution in [-0.2, 0) is 6.54 Å². The maximum atomic E-state index is 12.7. The lowest BCUT2D eigenvalue weighted by Crippen LogP contribution is -2.32. The summed E-state index contributed by atoms with van der Waals surface area (Å²) in [6, 6.07) is 5.35. The Morgan fingerprint density at radius 2 is 2.09 bits per heavy atom. The van der Waals surface area contributed by atoms with Gasteiger partial charge in [-0.1, -0.05) is 31.9 Å². The molecule has 0 bridgehead atoms. The van der Waals surface area contributed by atoms with Gasteiger partial charge in [-0.05, 0) is 44.5 Å². The molecule has 0 saturated heterocycles. The molecule has 120 valence electrons. The zero-order chi connectivity index (χ0) is 16.1. The highest BCUT2D eigenvalue weighted by Gasteiger charge is 2.17. The molecule has 4 nitrogen and oxygen atoms in total. The molecule has 0 saturated carbocycles. The Balaban J connectivity index is 2.52. The van der Waals surface area contributed by atoms with Crippen LogP contribution in [0.4, 0.5) is 0 Å². The number of fused-ring (bicyclic) bond motifs is 1. The molecule has 1 N–H and O–H groups in total. The molecule has 0 radical (unpaired) electrons. The Labute approximate surface area is 136 Å². The Morgan fingerprint density at radius 1 is 1.32 bits per heavy atom. The lowest BCUT2D eigenvalue weighted by molar-refractivity contribution is 0.458. The van der Waals surface area contributed by atoms with Crippen LogP contribution in [0, 0.1) is 0 Å². The van der Waals surface area contributed by atoms with Gasteiger partial charge in [0, 0.05) is 11.6 Å². The fraction of sp³-hybridized carbons (Fsp3) is 0.529. The lowest BCUT2D eigenvalue weighted by Gasteiger charge is -2.21. The van der Waals surface area contributed by atoms with Gasteiger partial charge in [0.2, 0.25) is 0 Å². The molecule has 0 spiro atoms. The summed E-state index contributed by atoms with van der Waals surface area (Å²) < 4.78 is 1.77. The van der Waals surface area contributed by atoms with Crippen LogP contribution in [0.3, 0.4) is 0 Å². The normalized spacial score (nSPS) is 12.7. The minimum atomic E-state index is 0.00917. The Bertz CT molecular complexity index is 696. The van der Waals surface area contributed by atoms with E-state index in [0.717, 1.165) is 31.6 Å². The van der Waals surface area contributed by atoms with Crippen LogP contribution in [0.25, 0.3) is 10.9 Å². The molecule has 2 rings (SSSR count). The monoisotopic (exact) mass is 321 g/mol. The Hall–Kier alpha value is -1.39. The fourth-order valence-corrected chi connectivity index (χ4v) is 2.82. The van der Waals surface area contributed by atoms with Crippen molar-refractivity contribution in [2.45, 2.75) is 52.6 Å². The van der Waals surface area contributed by atoms with E-state index < -0.39 is 0 Å². The number of nitrogens with zero attached hydrogens (tertiary/aromatic N) is 2. The highest BCUT2D eigenvalue weighted by molar-refractivity contribution is 6.31. The third-order valence-electron chi connectivity index (χ3n) is 3.90. The van der Waals surface area contributed by atoms with Gasteiger partial charge in [0.05, 0.1) is 16.9 Å². The SMILES string of the molecule is CCCCN[C@@H](CC)c1nc2cc(Cl)ccc2c(=O)n1CC. The van der Waals surface area contributed by atoms with E-state index >= 15 is 0 Å². The largest absolute Gasteiger partial charge is 0.307 e. The van der Waals surface area contributed by atoms with E-state index in [-0.39, 0.29) is 11.6 Å². The van der Waals surface area contributed by atoms with Crippen molar-refractivity contribution < 1.29 is 0 Å². The molecule has 0 aliphatic carbocycles. The molecule has 1 aromatic heterocycles. The van der Waals surface area contributed by atoms with Crippen LogP contribution in [0.5, 0.6) is 0 Å². The molecule has 0 aliphatic heterocycles. The number of nitrogens with one attached hydrogen (secondary N) is 1. The van der Waals surface area contributed by atoms with Gasteiger partial charge < -0.3 is 5.32 Å². The van der Waals surface area contributed by atoms with Gasteiger partial charge in [0.1, 0.15) is 5.82 Å². The van der Waals surface area contributed by atoms with Gasteiger partial charge in [-0.2, -0.15) is 0 Å². The first kappa shape index (κ1) is 17.0. The summed E-state index contributed by atoms with van der Waals surface area (Å²) in [7, 11) is 0. The van der Waals surface area contributed by atoms with Crippen LogP contribution in [0.1, 0.15) is 51.9 Å². The highest BCUT2D eigenvalue weighted by atomic mass is 35.5. The molecule has 5 heteroatoms. The quantitative estimate of drug-likeness (QED) is 0.786. The molecular weight excluding hydrogens is 298 g/mol. The third kappa shape index (κ3) is 3.50. The van der Waals surface area contributed by atoms with Gasteiger partial charge in [0.25, 0.3) is 5.56 Å². The molecule has 0 amide bonds. The predicted octanol–water partition coefficient (Wildman–Crippen LogP) is 3.91. The average molecular weight is 322 g/mol. The summed E-state index contributed by atoms with van der Waals surface area (Å²) >= 11 is 6.05. The van der Waals surface area contributed by atoms with Crippen molar-refractivity contribution >= 4 is 22.5 Å². The number of benzene rings is 1. The minimum Gasteiger partial charge on any atom is -0.307 e. The van der Waals surface area contributed by atoms with E-state index in [9.17, 15) is 4.79 Å². The molecule has 1 atom stereocenters. The molecule has 0 fully saturated rings. The molecule has 2 aromatic rings. The molecule has 1 aromatic carbocycles. The van der Waals surface area contributed by atoms with Gasteiger partial charge in [-0.3, -0.25) is 9.36 Å². The standard InChI is InChI=1S/C17H24ClN3O/c1-4-7-10-19-14(5-2)16-20-15-11-12(18)8-9-13(15)17(22)21(16)6-3/h8-9,11,14,19H,4-7,10H2,1-3H3/t14-/m0/s1. The van der Waals surface area contributed by atoms with E-state index in [4.69, 9.17) is 16.6 Å². The summed E-state index contributed by atoms with van der Waals surface area (Å²) in [5.41, 5.74) is 0.683. The van der Waals surface area contributed by atoms with Crippen molar-refractivity contribution in [1.29, 1.82) is 0 Å². The minimum absolute atomic E-state index is 0.00917. The number of hydrogen-bond acceptors (Lipinski definition) is 3. The van der Waals surface area contributed by atoms with E-state index in [2.05, 4.69) is 19.2 Å². The lowest BCUT2D eigenvalue weighted by atomic mass is 10.1. The van der Waals surface area contributed by atoms with Crippen LogP contribution < -0.4 is 10.9 Å². The van der Waals surface area contributed by atoms with E-state index in [0.29, 0.717) is 22.5 Å². The van der Waals surface area contributed by atoms with E-state index in [1.54, 1.807) is 22.8 Å². The zero-order valence-electron chi connectivity index (χ0n) is 13.5. The second kappa shape index (κ2) is 7.75. The van der Waals surface area contributed by atoms with Gasteiger partial charge in [-0.25, -0.2) is 4.98 Å². The third-order valence-corrected chi connectivity index (χ3v) is 4.14. The van der Waals surface area contributed by atoms with Crippen molar-refractivity contribution in [2.75, 3.05) is 6.54 Å². The first-order chi connectivity index (χ1) is 10.6. The van der Waals surface area contributed by atoms with Crippen molar-refractivity contribution in [1.82, 2.24) is 14.9 Å². The van der Waals surface area contributed by atoms with Crippen LogP contribution in [0.15, 0.2) is 23.0 Å². The zero-order valence-corrected chi connectivity index (χ0v) is 14.3. The second-order valence-electron chi connectivity index (χ2n) is 5.45. The topological polar surface area (TPSA) is 46.9 Å². The summed E-state index contributed by atoms with van der Waals surface area (Å²) in [4.78, 5) is 17.4. The summed E-state index contributed by atoms with van der Waals surface area (Å²) in [6.45, 7) is 7.81. The number of hydrogen-bond donors (Lipinski definition) is 1. The Morgan fingerprint density at radius 3 is 2.73 bits per heavy atom.